The fraction of sp³-hybridized carbons (Fsp3) is 0.423. The van der Waals surface area contributed by atoms with E-state index < -0.39 is 24.0 Å². The summed E-state index contributed by atoms with van der Waals surface area (Å²) in [5, 5.41) is 28.6. The molecular weight excluding hydrogens is 443 g/mol. The van der Waals surface area contributed by atoms with Crippen LogP contribution >= 0.6 is 0 Å². The van der Waals surface area contributed by atoms with E-state index in [9.17, 15) is 24.5 Å². The van der Waals surface area contributed by atoms with Crippen molar-refractivity contribution in [3.05, 3.63) is 53.4 Å². The number of benzene rings is 2. The molecule has 1 saturated heterocycles. The highest BCUT2D eigenvalue weighted by Crippen LogP contribution is 2.45. The first kappa shape index (κ1) is 25.7. The lowest BCUT2D eigenvalue weighted by molar-refractivity contribution is -0.156. The molecule has 0 aromatic heterocycles. The van der Waals surface area contributed by atoms with Gasteiger partial charge < -0.3 is 29.5 Å². The standard InChI is InChI=1S/C26H31FO7/c1-16(2)22-15-23(32-11-9-28)26(33-12-10-29)25(17-3-5-18(27)6-4-17)21(22)8-7-20-13-19(30)14-24(31)34-20/h3-8,15-16,19-20,28-30H,9-14H2,1-2H3/t19-,20-/m0/s1. The van der Waals surface area contributed by atoms with Crippen molar-refractivity contribution < 1.29 is 38.7 Å². The predicted molar refractivity (Wildman–Crippen MR) is 125 cm³/mol. The maximum absolute atomic E-state index is 13.7. The first-order valence-corrected chi connectivity index (χ1v) is 11.3. The van der Waals surface area contributed by atoms with Crippen LogP contribution in [0, 0.1) is 5.82 Å². The van der Waals surface area contributed by atoms with Gasteiger partial charge in [-0.1, -0.05) is 32.1 Å². The first-order valence-electron chi connectivity index (χ1n) is 11.3. The third-order valence-electron chi connectivity index (χ3n) is 5.43. The lowest BCUT2D eigenvalue weighted by Gasteiger charge is -2.25. The molecule has 2 atom stereocenters. The monoisotopic (exact) mass is 474 g/mol. The fourth-order valence-corrected chi connectivity index (χ4v) is 3.92. The van der Waals surface area contributed by atoms with Gasteiger partial charge in [-0.15, -0.1) is 0 Å². The molecule has 0 amide bonds. The van der Waals surface area contributed by atoms with Crippen LogP contribution in [0.25, 0.3) is 17.2 Å². The molecule has 3 rings (SSSR count). The molecule has 7 nitrogen and oxygen atoms in total. The van der Waals surface area contributed by atoms with Crippen LogP contribution in [-0.2, 0) is 9.53 Å². The number of hydrogen-bond donors (Lipinski definition) is 3. The van der Waals surface area contributed by atoms with E-state index in [2.05, 4.69) is 0 Å². The normalized spacial score (nSPS) is 18.4. The van der Waals surface area contributed by atoms with Crippen molar-refractivity contribution in [2.75, 3.05) is 26.4 Å². The predicted octanol–water partition coefficient (Wildman–Crippen LogP) is 3.44. The lowest BCUT2D eigenvalue weighted by Crippen LogP contribution is -2.31. The highest BCUT2D eigenvalue weighted by atomic mass is 19.1. The van der Waals surface area contributed by atoms with Gasteiger partial charge >= 0.3 is 5.97 Å². The van der Waals surface area contributed by atoms with Gasteiger partial charge in [0.15, 0.2) is 11.5 Å². The van der Waals surface area contributed by atoms with Gasteiger partial charge in [0.1, 0.15) is 25.1 Å². The molecule has 34 heavy (non-hydrogen) atoms. The number of esters is 1. The Morgan fingerprint density at radius 3 is 2.44 bits per heavy atom. The van der Waals surface area contributed by atoms with E-state index >= 15 is 0 Å². The summed E-state index contributed by atoms with van der Waals surface area (Å²) in [6.07, 6.45) is 2.43. The summed E-state index contributed by atoms with van der Waals surface area (Å²) in [6.45, 7) is 3.64. The van der Waals surface area contributed by atoms with Gasteiger partial charge in [-0.2, -0.15) is 0 Å². The number of aliphatic hydroxyl groups excluding tert-OH is 3. The van der Waals surface area contributed by atoms with Gasteiger partial charge in [0, 0.05) is 12.0 Å². The molecule has 184 valence electrons. The van der Waals surface area contributed by atoms with Crippen LogP contribution in [0.4, 0.5) is 4.39 Å². The van der Waals surface area contributed by atoms with Crippen molar-refractivity contribution in [1.29, 1.82) is 0 Å². The highest BCUT2D eigenvalue weighted by molar-refractivity contribution is 5.85. The Morgan fingerprint density at radius 2 is 1.82 bits per heavy atom. The smallest absolute Gasteiger partial charge is 0.309 e. The van der Waals surface area contributed by atoms with Crippen LogP contribution in [0.1, 0.15) is 43.7 Å². The molecule has 1 aliphatic rings. The third-order valence-corrected chi connectivity index (χ3v) is 5.43. The van der Waals surface area contributed by atoms with Crippen LogP contribution in [0.5, 0.6) is 11.5 Å². The topological polar surface area (TPSA) is 105 Å². The van der Waals surface area contributed by atoms with Crippen LogP contribution in [0.3, 0.4) is 0 Å². The molecule has 1 heterocycles. The van der Waals surface area contributed by atoms with Crippen molar-refractivity contribution in [2.24, 2.45) is 0 Å². The average Bonchev–Trinajstić information content (AvgIpc) is 2.79. The van der Waals surface area contributed by atoms with Gasteiger partial charge in [0.05, 0.1) is 25.7 Å². The van der Waals surface area contributed by atoms with Crippen LogP contribution in [0.15, 0.2) is 36.4 Å². The number of cyclic esters (lactones) is 1. The quantitative estimate of drug-likeness (QED) is 0.453. The summed E-state index contributed by atoms with van der Waals surface area (Å²) in [6, 6.07) is 7.75. The summed E-state index contributed by atoms with van der Waals surface area (Å²) in [5.41, 5.74) is 2.92. The minimum absolute atomic E-state index is 0.000287. The lowest BCUT2D eigenvalue weighted by atomic mass is 9.88. The van der Waals surface area contributed by atoms with E-state index in [1.807, 2.05) is 26.0 Å². The van der Waals surface area contributed by atoms with E-state index in [0.29, 0.717) is 22.6 Å². The zero-order chi connectivity index (χ0) is 24.7. The SMILES string of the molecule is CC(C)c1cc(OCCO)c(OCCO)c(-c2ccc(F)cc2)c1C=C[C@H]1C[C@H](O)CC(=O)O1. The molecule has 2 aromatic rings. The molecule has 0 aliphatic carbocycles. The number of halogens is 1. The number of ether oxygens (including phenoxy) is 3. The molecule has 2 aromatic carbocycles. The summed E-state index contributed by atoms with van der Waals surface area (Å²) >= 11 is 0. The Balaban J connectivity index is 2.22. The summed E-state index contributed by atoms with van der Waals surface area (Å²) in [5.74, 6) is -0.0720. The molecule has 0 unspecified atom stereocenters. The summed E-state index contributed by atoms with van der Waals surface area (Å²) in [4.78, 5) is 11.8. The van der Waals surface area contributed by atoms with Crippen molar-refractivity contribution in [3.63, 3.8) is 0 Å². The fourth-order valence-electron chi connectivity index (χ4n) is 3.92. The zero-order valence-electron chi connectivity index (χ0n) is 19.4. The van der Waals surface area contributed by atoms with Crippen molar-refractivity contribution in [1.82, 2.24) is 0 Å². The molecule has 8 heteroatoms. The van der Waals surface area contributed by atoms with Crippen LogP contribution in [0.2, 0.25) is 0 Å². The van der Waals surface area contributed by atoms with Crippen molar-refractivity contribution in [2.45, 2.75) is 44.8 Å². The Kier molecular flexibility index (Phi) is 9.04. The largest absolute Gasteiger partial charge is 0.487 e. The highest BCUT2D eigenvalue weighted by Gasteiger charge is 2.26. The second-order valence-corrected chi connectivity index (χ2v) is 8.37. The Bertz CT molecular complexity index is 1000. The minimum atomic E-state index is -0.769. The van der Waals surface area contributed by atoms with Gasteiger partial charge in [0.25, 0.3) is 0 Å². The van der Waals surface area contributed by atoms with E-state index in [0.717, 1.165) is 11.1 Å². The summed E-state index contributed by atoms with van der Waals surface area (Å²) in [7, 11) is 0. The average molecular weight is 475 g/mol. The second kappa shape index (κ2) is 12.0. The maximum atomic E-state index is 13.7. The first-order chi connectivity index (χ1) is 16.3. The minimum Gasteiger partial charge on any atom is -0.487 e. The van der Waals surface area contributed by atoms with Gasteiger partial charge in [0.2, 0.25) is 0 Å². The molecular formula is C26H31FO7. The zero-order valence-corrected chi connectivity index (χ0v) is 19.4. The molecule has 1 fully saturated rings. The van der Waals surface area contributed by atoms with Crippen LogP contribution < -0.4 is 9.47 Å². The van der Waals surface area contributed by atoms with E-state index in [1.165, 1.54) is 12.1 Å². The molecule has 0 spiro atoms. The number of hydrogen-bond acceptors (Lipinski definition) is 7. The molecule has 0 saturated carbocycles. The van der Waals surface area contributed by atoms with E-state index in [-0.39, 0.29) is 45.2 Å². The van der Waals surface area contributed by atoms with Crippen LogP contribution in [-0.4, -0.2) is 59.9 Å². The number of carbonyl (C=O) groups is 1. The number of rotatable bonds is 10. The Morgan fingerprint density at radius 1 is 1.15 bits per heavy atom. The third kappa shape index (κ3) is 6.34. The Labute approximate surface area is 198 Å². The van der Waals surface area contributed by atoms with E-state index in [1.54, 1.807) is 18.2 Å². The van der Waals surface area contributed by atoms with Gasteiger partial charge in [-0.25, -0.2) is 4.39 Å². The molecule has 1 aliphatic heterocycles. The molecule has 0 bridgehead atoms. The molecule has 0 radical (unpaired) electrons. The Hall–Kier alpha value is -2.94. The second-order valence-electron chi connectivity index (χ2n) is 8.37. The van der Waals surface area contributed by atoms with Gasteiger partial charge in [-0.3, -0.25) is 4.79 Å². The van der Waals surface area contributed by atoms with Crippen molar-refractivity contribution >= 4 is 12.0 Å². The number of carbonyl (C=O) groups excluding carboxylic acids is 1. The summed E-state index contributed by atoms with van der Waals surface area (Å²) < 4.78 is 30.8. The van der Waals surface area contributed by atoms with Crippen molar-refractivity contribution in [3.8, 4) is 22.6 Å². The number of aliphatic hydroxyl groups is 3. The maximum Gasteiger partial charge on any atom is 0.309 e. The molecule has 3 N–H and O–H groups in total. The van der Waals surface area contributed by atoms with Gasteiger partial charge in [-0.05, 0) is 46.9 Å². The van der Waals surface area contributed by atoms with E-state index in [4.69, 9.17) is 14.2 Å².